The Morgan fingerprint density at radius 2 is 1.89 bits per heavy atom. The highest BCUT2D eigenvalue weighted by Crippen LogP contribution is 2.21. The number of aromatic nitrogens is 2. The minimum absolute atomic E-state index is 0.220. The molecule has 3 rings (SSSR count). The second-order valence-electron chi connectivity index (χ2n) is 6.52. The van der Waals surface area contributed by atoms with Crippen molar-refractivity contribution in [3.63, 3.8) is 0 Å². The van der Waals surface area contributed by atoms with Gasteiger partial charge in [0.05, 0.1) is 5.52 Å². The number of hydrogen-bond acceptors (Lipinski definition) is 4. The summed E-state index contributed by atoms with van der Waals surface area (Å²) in [6.07, 6.45) is -0.774. The van der Waals surface area contributed by atoms with Crippen LogP contribution < -0.4 is 15.6 Å². The van der Waals surface area contributed by atoms with Crippen molar-refractivity contribution in [3.8, 4) is 5.75 Å². The number of nitrogens with zero attached hydrogens (tertiary/aromatic N) is 1. The van der Waals surface area contributed by atoms with Crippen molar-refractivity contribution < 1.29 is 14.3 Å². The maximum Gasteiger partial charge on any atom is 0.290 e. The van der Waals surface area contributed by atoms with E-state index >= 15 is 0 Å². The van der Waals surface area contributed by atoms with Gasteiger partial charge in [-0.15, -0.1) is 0 Å². The molecule has 0 saturated carbocycles. The van der Waals surface area contributed by atoms with E-state index < -0.39 is 17.9 Å². The van der Waals surface area contributed by atoms with Crippen molar-refractivity contribution in [2.45, 2.75) is 33.8 Å². The topological polar surface area (TPSA) is 96.1 Å². The van der Waals surface area contributed by atoms with E-state index in [0.29, 0.717) is 11.1 Å². The van der Waals surface area contributed by atoms with Crippen molar-refractivity contribution in [2.75, 3.05) is 0 Å². The number of aromatic amines is 1. The van der Waals surface area contributed by atoms with Gasteiger partial charge in [-0.05, 0) is 57.0 Å². The normalized spacial score (nSPS) is 11.9. The molecule has 2 aromatic carbocycles. The molecule has 7 heteroatoms. The van der Waals surface area contributed by atoms with Crippen LogP contribution in [0.25, 0.3) is 10.9 Å². The lowest BCUT2D eigenvalue weighted by atomic mass is 10.1. The van der Waals surface area contributed by atoms with Crippen LogP contribution in [0.1, 0.15) is 34.1 Å². The monoisotopic (exact) mass is 366 g/mol. The number of hydrogen-bond donors (Lipinski definition) is 3. The summed E-state index contributed by atoms with van der Waals surface area (Å²) in [6, 6.07) is 11.3. The van der Waals surface area contributed by atoms with E-state index in [1.165, 1.54) is 0 Å². The molecule has 7 nitrogen and oxygen atoms in total. The predicted molar refractivity (Wildman–Crippen MR) is 102 cm³/mol. The van der Waals surface area contributed by atoms with Crippen LogP contribution in [0, 0.1) is 20.8 Å². The number of amides is 2. The summed E-state index contributed by atoms with van der Waals surface area (Å²) >= 11 is 0. The van der Waals surface area contributed by atoms with Gasteiger partial charge in [-0.1, -0.05) is 23.8 Å². The number of benzene rings is 2. The van der Waals surface area contributed by atoms with E-state index in [4.69, 9.17) is 4.74 Å². The summed E-state index contributed by atoms with van der Waals surface area (Å²) in [7, 11) is 0. The van der Waals surface area contributed by atoms with Crippen molar-refractivity contribution in [1.29, 1.82) is 0 Å². The molecule has 0 saturated heterocycles. The SMILES string of the molecule is Cc1ccc2[nH]nc(C(=O)NNC(=O)C(C)Oc3cccc(C)c3C)c2c1. The molecule has 0 aliphatic rings. The van der Waals surface area contributed by atoms with Gasteiger partial charge < -0.3 is 4.74 Å². The van der Waals surface area contributed by atoms with Crippen LogP contribution in [0.3, 0.4) is 0 Å². The number of hydrazine groups is 1. The number of carbonyl (C=O) groups excluding carboxylic acids is 2. The standard InChI is InChI=1S/C20H22N4O3/c1-11-8-9-16-15(10-11)18(22-21-16)20(26)24-23-19(25)14(4)27-17-7-5-6-12(2)13(17)3/h5-10,14H,1-4H3,(H,21,22)(H,23,25)(H,24,26). The number of rotatable bonds is 4. The number of ether oxygens (including phenoxy) is 1. The van der Waals surface area contributed by atoms with Gasteiger partial charge in [0.25, 0.3) is 11.8 Å². The van der Waals surface area contributed by atoms with Crippen molar-refractivity contribution in [3.05, 3.63) is 58.8 Å². The number of nitrogens with one attached hydrogen (secondary N) is 3. The molecule has 0 aliphatic heterocycles. The van der Waals surface area contributed by atoms with Gasteiger partial charge in [-0.3, -0.25) is 25.5 Å². The Hall–Kier alpha value is -3.35. The number of H-pyrrole nitrogens is 1. The maximum absolute atomic E-state index is 12.4. The zero-order chi connectivity index (χ0) is 19.6. The largest absolute Gasteiger partial charge is 0.481 e. The first-order chi connectivity index (χ1) is 12.9. The summed E-state index contributed by atoms with van der Waals surface area (Å²) < 4.78 is 5.71. The molecule has 0 bridgehead atoms. The summed E-state index contributed by atoms with van der Waals surface area (Å²) in [4.78, 5) is 24.6. The first-order valence-corrected chi connectivity index (χ1v) is 8.64. The fourth-order valence-corrected chi connectivity index (χ4v) is 2.68. The lowest BCUT2D eigenvalue weighted by Gasteiger charge is -2.17. The Labute approximate surface area is 157 Å². The molecule has 1 heterocycles. The molecule has 0 radical (unpaired) electrons. The molecule has 1 aromatic heterocycles. The van der Waals surface area contributed by atoms with E-state index in [2.05, 4.69) is 21.0 Å². The van der Waals surface area contributed by atoms with Crippen LogP contribution in [-0.2, 0) is 4.79 Å². The summed E-state index contributed by atoms with van der Waals surface area (Å²) in [5.41, 5.74) is 8.81. The number of fused-ring (bicyclic) bond motifs is 1. The van der Waals surface area contributed by atoms with Crippen molar-refractivity contribution in [2.24, 2.45) is 0 Å². The highest BCUT2D eigenvalue weighted by atomic mass is 16.5. The van der Waals surface area contributed by atoms with Crippen LogP contribution in [0.15, 0.2) is 36.4 Å². The zero-order valence-corrected chi connectivity index (χ0v) is 15.7. The van der Waals surface area contributed by atoms with E-state index in [1.807, 2.05) is 57.2 Å². The summed E-state index contributed by atoms with van der Waals surface area (Å²) in [5.74, 6) is -0.322. The fraction of sp³-hybridized carbons (Fsp3) is 0.250. The molecule has 0 spiro atoms. The molecule has 140 valence electrons. The lowest BCUT2D eigenvalue weighted by molar-refractivity contribution is -0.128. The van der Waals surface area contributed by atoms with Gasteiger partial charge >= 0.3 is 0 Å². The van der Waals surface area contributed by atoms with E-state index in [0.717, 1.165) is 22.2 Å². The van der Waals surface area contributed by atoms with Crippen LogP contribution in [0.2, 0.25) is 0 Å². The molecular formula is C20H22N4O3. The zero-order valence-electron chi connectivity index (χ0n) is 15.7. The van der Waals surface area contributed by atoms with Crippen molar-refractivity contribution >= 4 is 22.7 Å². The molecule has 3 N–H and O–H groups in total. The molecule has 1 unspecified atom stereocenters. The van der Waals surface area contributed by atoms with Gasteiger partial charge in [0, 0.05) is 5.39 Å². The average Bonchev–Trinajstić information content (AvgIpc) is 3.06. The molecule has 0 fully saturated rings. The molecule has 0 aliphatic carbocycles. The first kappa shape index (κ1) is 18.4. The molecular weight excluding hydrogens is 344 g/mol. The molecule has 27 heavy (non-hydrogen) atoms. The second kappa shape index (κ2) is 7.49. The third-order valence-electron chi connectivity index (χ3n) is 4.46. The number of aryl methyl sites for hydroxylation is 2. The highest BCUT2D eigenvalue weighted by molar-refractivity contribution is 6.05. The summed E-state index contributed by atoms with van der Waals surface area (Å²) in [5, 5.41) is 7.53. The summed E-state index contributed by atoms with van der Waals surface area (Å²) in [6.45, 7) is 7.46. The van der Waals surface area contributed by atoms with Gasteiger partial charge in [0.15, 0.2) is 11.8 Å². The lowest BCUT2D eigenvalue weighted by Crippen LogP contribution is -2.47. The Bertz CT molecular complexity index is 1010. The fourth-order valence-electron chi connectivity index (χ4n) is 2.68. The minimum Gasteiger partial charge on any atom is -0.481 e. The maximum atomic E-state index is 12.4. The Morgan fingerprint density at radius 1 is 1.11 bits per heavy atom. The highest BCUT2D eigenvalue weighted by Gasteiger charge is 2.19. The van der Waals surface area contributed by atoms with Gasteiger partial charge in [0.2, 0.25) is 0 Å². The van der Waals surface area contributed by atoms with Crippen LogP contribution in [-0.4, -0.2) is 28.1 Å². The third-order valence-corrected chi connectivity index (χ3v) is 4.46. The molecule has 2 amide bonds. The van der Waals surface area contributed by atoms with Crippen LogP contribution in [0.5, 0.6) is 5.75 Å². The Kier molecular flexibility index (Phi) is 5.12. The quantitative estimate of drug-likeness (QED) is 0.619. The average molecular weight is 366 g/mol. The van der Waals surface area contributed by atoms with Crippen LogP contribution in [0.4, 0.5) is 0 Å². The van der Waals surface area contributed by atoms with Gasteiger partial charge in [0.1, 0.15) is 5.75 Å². The smallest absolute Gasteiger partial charge is 0.290 e. The van der Waals surface area contributed by atoms with Crippen molar-refractivity contribution in [1.82, 2.24) is 21.0 Å². The predicted octanol–water partition coefficient (Wildman–Crippen LogP) is 2.72. The van der Waals surface area contributed by atoms with E-state index in [9.17, 15) is 9.59 Å². The Balaban J connectivity index is 1.63. The minimum atomic E-state index is -0.774. The van der Waals surface area contributed by atoms with E-state index in [1.54, 1.807) is 6.92 Å². The van der Waals surface area contributed by atoms with Gasteiger partial charge in [-0.25, -0.2) is 0 Å². The van der Waals surface area contributed by atoms with Crippen LogP contribution >= 0.6 is 0 Å². The van der Waals surface area contributed by atoms with E-state index in [-0.39, 0.29) is 5.69 Å². The third kappa shape index (κ3) is 3.92. The second-order valence-corrected chi connectivity index (χ2v) is 6.52. The first-order valence-electron chi connectivity index (χ1n) is 8.64. The molecule has 3 aromatic rings. The van der Waals surface area contributed by atoms with Gasteiger partial charge in [-0.2, -0.15) is 5.10 Å². The Morgan fingerprint density at radius 3 is 2.67 bits per heavy atom. The molecule has 1 atom stereocenters. The number of carbonyl (C=O) groups is 2.